The van der Waals surface area contributed by atoms with Crippen molar-refractivity contribution in [3.05, 3.63) is 23.3 Å². The highest BCUT2D eigenvalue weighted by Gasteiger charge is 2.41. The highest BCUT2D eigenvalue weighted by atomic mass is 19.3. The molecule has 1 aromatic rings. The lowest BCUT2D eigenvalue weighted by molar-refractivity contribution is -0.168. The van der Waals surface area contributed by atoms with E-state index in [9.17, 15) is 22.4 Å². The molecule has 1 rings (SSSR count). The first-order valence-corrected chi connectivity index (χ1v) is 6.52. The maximum atomic E-state index is 12.5. The number of nitrogens with zero attached hydrogens (tertiary/aromatic N) is 2. The van der Waals surface area contributed by atoms with Crippen molar-refractivity contribution >= 4 is 5.91 Å². The Morgan fingerprint density at radius 2 is 1.91 bits per heavy atom. The monoisotopic (exact) mass is 323 g/mol. The number of amides is 1. The number of hydrogen-bond donors (Lipinski definition) is 1. The van der Waals surface area contributed by atoms with E-state index in [1.807, 2.05) is 13.8 Å². The van der Waals surface area contributed by atoms with Crippen LogP contribution >= 0.6 is 0 Å². The molecule has 0 radical (unpaired) electrons. The van der Waals surface area contributed by atoms with E-state index in [1.165, 1.54) is 0 Å². The highest BCUT2D eigenvalue weighted by molar-refractivity contribution is 5.77. The van der Waals surface area contributed by atoms with Gasteiger partial charge in [0.1, 0.15) is 19.0 Å². The lowest BCUT2D eigenvalue weighted by atomic mass is 10.3. The van der Waals surface area contributed by atoms with Crippen LogP contribution in [0.4, 0.5) is 17.6 Å². The molecule has 0 atom stereocenters. The van der Waals surface area contributed by atoms with Crippen molar-refractivity contribution in [2.24, 2.45) is 0 Å². The van der Waals surface area contributed by atoms with Gasteiger partial charge in [-0.15, -0.1) is 0 Å². The maximum Gasteiger partial charge on any atom is 0.330 e. The number of rotatable bonds is 8. The Balaban J connectivity index is 2.26. The number of carbonyl (C=O) groups is 1. The molecular weight excluding hydrogens is 306 g/mol. The number of nitrogens with one attached hydrogen (secondary N) is 1. The molecule has 0 aliphatic carbocycles. The maximum absolute atomic E-state index is 12.5. The van der Waals surface area contributed by atoms with Gasteiger partial charge in [0, 0.05) is 24.4 Å². The van der Waals surface area contributed by atoms with E-state index < -0.39 is 31.5 Å². The van der Waals surface area contributed by atoms with Crippen LogP contribution in [0.15, 0.2) is 6.07 Å². The summed E-state index contributed by atoms with van der Waals surface area (Å²) in [7, 11) is 0. The molecular formula is C13H17F4N3O2. The topological polar surface area (TPSA) is 64.1 Å². The summed E-state index contributed by atoms with van der Waals surface area (Å²) >= 11 is 0. The molecule has 124 valence electrons. The molecule has 1 N–H and O–H groups in total. The fraction of sp³-hybridized carbons (Fsp3) is 0.615. The second kappa shape index (κ2) is 8.02. The molecule has 0 fully saturated rings. The Labute approximate surface area is 125 Å². The van der Waals surface area contributed by atoms with Crippen LogP contribution in [-0.4, -0.2) is 48.0 Å². The number of ether oxygens (including phenoxy) is 1. The normalized spacial score (nSPS) is 11.8. The van der Waals surface area contributed by atoms with E-state index in [0.717, 1.165) is 11.4 Å². The van der Waals surface area contributed by atoms with Gasteiger partial charge in [0.15, 0.2) is 0 Å². The Morgan fingerprint density at radius 3 is 2.45 bits per heavy atom. The largest absolute Gasteiger partial charge is 0.365 e. The molecule has 0 spiro atoms. The molecule has 0 aliphatic heterocycles. The Kier molecular flexibility index (Phi) is 6.66. The zero-order valence-electron chi connectivity index (χ0n) is 12.2. The predicted octanol–water partition coefficient (Wildman–Crippen LogP) is 1.67. The van der Waals surface area contributed by atoms with Gasteiger partial charge in [-0.3, -0.25) is 4.79 Å². The minimum absolute atomic E-state index is 0.191. The SMILES string of the molecule is Cc1cc(C)nc(CCNC(=O)COCC(F)(F)C(F)F)n1. The van der Waals surface area contributed by atoms with Crippen LogP contribution in [0.3, 0.4) is 0 Å². The third-order valence-electron chi connectivity index (χ3n) is 2.55. The summed E-state index contributed by atoms with van der Waals surface area (Å²) in [6, 6.07) is 1.80. The lowest BCUT2D eigenvalue weighted by Gasteiger charge is -2.14. The van der Waals surface area contributed by atoms with Gasteiger partial charge in [-0.2, -0.15) is 8.78 Å². The van der Waals surface area contributed by atoms with Crippen molar-refractivity contribution in [3.63, 3.8) is 0 Å². The molecule has 1 amide bonds. The molecule has 0 bridgehead atoms. The standard InChI is InChI=1S/C13H17F4N3O2/c1-8-5-9(2)20-10(19-8)3-4-18-11(21)6-22-7-13(16,17)12(14)15/h5,12H,3-4,6-7H2,1-2H3,(H,18,21). The third-order valence-corrected chi connectivity index (χ3v) is 2.55. The number of halogens is 4. The molecule has 22 heavy (non-hydrogen) atoms. The van der Waals surface area contributed by atoms with E-state index in [4.69, 9.17) is 0 Å². The van der Waals surface area contributed by atoms with Crippen LogP contribution in [-0.2, 0) is 16.0 Å². The first kappa shape index (κ1) is 18.3. The Morgan fingerprint density at radius 1 is 1.32 bits per heavy atom. The van der Waals surface area contributed by atoms with E-state index in [1.54, 1.807) is 6.07 Å². The second-order valence-electron chi connectivity index (χ2n) is 4.72. The molecule has 0 aromatic carbocycles. The summed E-state index contributed by atoms with van der Waals surface area (Å²) in [6.07, 6.45) is -3.46. The fourth-order valence-corrected chi connectivity index (χ4v) is 1.62. The second-order valence-corrected chi connectivity index (χ2v) is 4.72. The fourth-order valence-electron chi connectivity index (χ4n) is 1.62. The van der Waals surface area contributed by atoms with Crippen molar-refractivity contribution < 1.29 is 27.1 Å². The van der Waals surface area contributed by atoms with E-state index in [2.05, 4.69) is 20.0 Å². The zero-order valence-corrected chi connectivity index (χ0v) is 12.2. The summed E-state index contributed by atoms with van der Waals surface area (Å²) in [4.78, 5) is 19.7. The van der Waals surface area contributed by atoms with Crippen LogP contribution in [0.5, 0.6) is 0 Å². The molecule has 5 nitrogen and oxygen atoms in total. The van der Waals surface area contributed by atoms with E-state index in [0.29, 0.717) is 12.2 Å². The minimum Gasteiger partial charge on any atom is -0.365 e. The van der Waals surface area contributed by atoms with Crippen molar-refractivity contribution in [2.75, 3.05) is 19.8 Å². The number of carbonyl (C=O) groups excluding carboxylic acids is 1. The smallest absolute Gasteiger partial charge is 0.330 e. The van der Waals surface area contributed by atoms with E-state index in [-0.39, 0.29) is 6.54 Å². The molecule has 0 saturated heterocycles. The van der Waals surface area contributed by atoms with Crippen LogP contribution in [0, 0.1) is 13.8 Å². The zero-order chi connectivity index (χ0) is 16.8. The first-order chi connectivity index (χ1) is 10.2. The average molecular weight is 323 g/mol. The van der Waals surface area contributed by atoms with Gasteiger partial charge in [-0.1, -0.05) is 0 Å². The summed E-state index contributed by atoms with van der Waals surface area (Å²) in [5, 5.41) is 2.41. The van der Waals surface area contributed by atoms with Crippen LogP contribution in [0.2, 0.25) is 0 Å². The van der Waals surface area contributed by atoms with Gasteiger partial charge in [-0.05, 0) is 19.9 Å². The summed E-state index contributed by atoms with van der Waals surface area (Å²) in [5.41, 5.74) is 1.60. The Bertz CT molecular complexity index is 492. The molecule has 1 heterocycles. The summed E-state index contributed by atoms with van der Waals surface area (Å²) in [6.45, 7) is 1.60. The summed E-state index contributed by atoms with van der Waals surface area (Å²) in [5.74, 6) is -4.38. The molecule has 0 unspecified atom stereocenters. The highest BCUT2D eigenvalue weighted by Crippen LogP contribution is 2.22. The van der Waals surface area contributed by atoms with Crippen molar-refractivity contribution in [1.29, 1.82) is 0 Å². The number of aryl methyl sites for hydroxylation is 2. The van der Waals surface area contributed by atoms with Gasteiger partial charge in [0.25, 0.3) is 0 Å². The van der Waals surface area contributed by atoms with Gasteiger partial charge < -0.3 is 10.1 Å². The van der Waals surface area contributed by atoms with E-state index >= 15 is 0 Å². The molecule has 0 saturated carbocycles. The third kappa shape index (κ3) is 6.33. The van der Waals surface area contributed by atoms with Gasteiger partial charge in [-0.25, -0.2) is 18.7 Å². The van der Waals surface area contributed by atoms with Crippen LogP contribution < -0.4 is 5.32 Å². The van der Waals surface area contributed by atoms with Gasteiger partial charge in [0.2, 0.25) is 5.91 Å². The number of aromatic nitrogens is 2. The Hall–Kier alpha value is -1.77. The molecule has 9 heteroatoms. The number of alkyl halides is 4. The predicted molar refractivity (Wildman–Crippen MR) is 70.0 cm³/mol. The van der Waals surface area contributed by atoms with Gasteiger partial charge in [0.05, 0.1) is 0 Å². The van der Waals surface area contributed by atoms with Gasteiger partial charge >= 0.3 is 12.3 Å². The molecule has 0 aliphatic rings. The van der Waals surface area contributed by atoms with Crippen molar-refractivity contribution in [2.45, 2.75) is 32.6 Å². The quantitative estimate of drug-likeness (QED) is 0.739. The minimum atomic E-state index is -4.26. The first-order valence-electron chi connectivity index (χ1n) is 6.52. The lowest BCUT2D eigenvalue weighted by Crippen LogP contribution is -2.35. The molecule has 1 aromatic heterocycles. The average Bonchev–Trinajstić information content (AvgIpc) is 2.37. The van der Waals surface area contributed by atoms with Crippen LogP contribution in [0.1, 0.15) is 17.2 Å². The summed E-state index contributed by atoms with van der Waals surface area (Å²) < 4.78 is 53.0. The van der Waals surface area contributed by atoms with Crippen LogP contribution in [0.25, 0.3) is 0 Å². The van der Waals surface area contributed by atoms with Crippen molar-refractivity contribution in [3.8, 4) is 0 Å². The van der Waals surface area contributed by atoms with Crippen molar-refractivity contribution in [1.82, 2.24) is 15.3 Å². The number of hydrogen-bond acceptors (Lipinski definition) is 4.